The monoisotopic (exact) mass is 266 g/mol. The van der Waals surface area contributed by atoms with E-state index < -0.39 is 0 Å². The molecule has 0 heterocycles. The summed E-state index contributed by atoms with van der Waals surface area (Å²) in [5.74, 6) is 0. The minimum Gasteiger partial charge on any atom is -0.338 e. The van der Waals surface area contributed by atoms with E-state index in [4.69, 9.17) is 11.6 Å². The maximum Gasteiger partial charge on any atom is 0.318 e. The fourth-order valence-corrected chi connectivity index (χ4v) is 1.44. The molecule has 98 valence electrons. The highest BCUT2D eigenvalue weighted by atomic mass is 35.5. The Morgan fingerprint density at radius 1 is 1.33 bits per heavy atom. The smallest absolute Gasteiger partial charge is 0.318 e. The zero-order chi connectivity index (χ0) is 13.4. The molecule has 2 amide bonds. The molecule has 0 aromatic heterocycles. The van der Waals surface area contributed by atoms with Crippen molar-refractivity contribution in [1.82, 2.24) is 10.6 Å². The lowest BCUT2D eigenvalue weighted by molar-refractivity contribution is 0.244. The van der Waals surface area contributed by atoms with Crippen LogP contribution in [0, 0.1) is 0 Å². The largest absolute Gasteiger partial charge is 0.338 e. The fourth-order valence-electron chi connectivity index (χ4n) is 1.31. The number of carbonyl (C=O) groups excluding carboxylic acids is 1. The molecule has 0 aliphatic rings. The summed E-state index contributed by atoms with van der Waals surface area (Å²) < 4.78 is 0. The summed E-state index contributed by atoms with van der Waals surface area (Å²) in [6.45, 7) is 4.63. The number of benzene rings is 1. The lowest BCUT2D eigenvalue weighted by atomic mass is 10.1. The van der Waals surface area contributed by atoms with Crippen LogP contribution in [-0.4, -0.2) is 12.6 Å². The van der Waals surface area contributed by atoms with Crippen molar-refractivity contribution in [3.05, 3.63) is 46.6 Å². The Labute approximate surface area is 113 Å². The summed E-state index contributed by atoms with van der Waals surface area (Å²) in [7, 11) is 0. The van der Waals surface area contributed by atoms with Gasteiger partial charge in [0.15, 0.2) is 0 Å². The van der Waals surface area contributed by atoms with Crippen LogP contribution in [0.5, 0.6) is 0 Å². The lowest BCUT2D eigenvalue weighted by Crippen LogP contribution is -2.33. The van der Waals surface area contributed by atoms with E-state index in [1.807, 2.05) is 38.1 Å². The Kier molecular flexibility index (Phi) is 6.29. The van der Waals surface area contributed by atoms with Crippen LogP contribution in [0.15, 0.2) is 36.0 Å². The van der Waals surface area contributed by atoms with Crippen molar-refractivity contribution < 1.29 is 4.79 Å². The standard InChI is InChI=1S/C14H19ClN2O/c1-3-11(2)10-17-14(18)16-9-8-12-4-6-13(15)7-5-12/h4-7,10H,3,8-9H2,1-2H3,(H2,16,17,18)/b11-10+. The SMILES string of the molecule is CC/C(C)=C/NC(=O)NCCc1ccc(Cl)cc1. The number of urea groups is 1. The average molecular weight is 267 g/mol. The third-order valence-corrected chi connectivity index (χ3v) is 2.87. The molecule has 0 unspecified atom stereocenters. The summed E-state index contributed by atoms with van der Waals surface area (Å²) in [6, 6.07) is 7.46. The Morgan fingerprint density at radius 2 is 2.00 bits per heavy atom. The van der Waals surface area contributed by atoms with Gasteiger partial charge < -0.3 is 10.6 Å². The van der Waals surface area contributed by atoms with Gasteiger partial charge in [0.25, 0.3) is 0 Å². The highest BCUT2D eigenvalue weighted by molar-refractivity contribution is 6.30. The van der Waals surface area contributed by atoms with E-state index in [1.165, 1.54) is 0 Å². The van der Waals surface area contributed by atoms with Crippen LogP contribution in [0.2, 0.25) is 5.02 Å². The molecule has 0 saturated carbocycles. The molecule has 1 aromatic rings. The first-order valence-corrected chi connectivity index (χ1v) is 6.44. The van der Waals surface area contributed by atoms with Gasteiger partial charge >= 0.3 is 6.03 Å². The number of hydrogen-bond acceptors (Lipinski definition) is 1. The second-order valence-corrected chi connectivity index (χ2v) is 4.56. The molecule has 0 spiro atoms. The van der Waals surface area contributed by atoms with E-state index in [1.54, 1.807) is 6.20 Å². The number of amides is 2. The van der Waals surface area contributed by atoms with E-state index in [-0.39, 0.29) is 6.03 Å². The minimum atomic E-state index is -0.170. The van der Waals surface area contributed by atoms with Crippen molar-refractivity contribution >= 4 is 17.6 Å². The quantitative estimate of drug-likeness (QED) is 0.842. The second kappa shape index (κ2) is 7.77. The first-order chi connectivity index (χ1) is 8.61. The third-order valence-electron chi connectivity index (χ3n) is 2.62. The van der Waals surface area contributed by atoms with Crippen LogP contribution in [0.4, 0.5) is 4.79 Å². The maximum absolute atomic E-state index is 11.4. The molecule has 0 fully saturated rings. The van der Waals surface area contributed by atoms with Gasteiger partial charge in [-0.05, 0) is 37.5 Å². The van der Waals surface area contributed by atoms with Crippen molar-refractivity contribution in [2.24, 2.45) is 0 Å². The Balaban J connectivity index is 2.25. The van der Waals surface area contributed by atoms with Gasteiger partial charge in [0.2, 0.25) is 0 Å². The van der Waals surface area contributed by atoms with E-state index >= 15 is 0 Å². The molecule has 0 bridgehead atoms. The molecule has 4 heteroatoms. The van der Waals surface area contributed by atoms with Crippen molar-refractivity contribution in [2.45, 2.75) is 26.7 Å². The van der Waals surface area contributed by atoms with E-state index in [2.05, 4.69) is 10.6 Å². The summed E-state index contributed by atoms with van der Waals surface area (Å²) in [4.78, 5) is 11.4. The highest BCUT2D eigenvalue weighted by Gasteiger charge is 1.98. The Morgan fingerprint density at radius 3 is 2.61 bits per heavy atom. The van der Waals surface area contributed by atoms with E-state index in [0.717, 1.165) is 29.0 Å². The molecule has 1 rings (SSSR count). The zero-order valence-corrected chi connectivity index (χ0v) is 11.6. The molecule has 0 saturated heterocycles. The lowest BCUT2D eigenvalue weighted by Gasteiger charge is -2.05. The summed E-state index contributed by atoms with van der Waals surface area (Å²) in [6.07, 6.45) is 3.46. The molecule has 3 nitrogen and oxygen atoms in total. The maximum atomic E-state index is 11.4. The fraction of sp³-hybridized carbons (Fsp3) is 0.357. The highest BCUT2D eigenvalue weighted by Crippen LogP contribution is 2.09. The molecular formula is C14H19ClN2O. The minimum absolute atomic E-state index is 0.170. The van der Waals surface area contributed by atoms with Gasteiger partial charge in [-0.3, -0.25) is 0 Å². The predicted octanol–water partition coefficient (Wildman–Crippen LogP) is 3.50. The second-order valence-electron chi connectivity index (χ2n) is 4.12. The Hall–Kier alpha value is -1.48. The molecule has 0 atom stereocenters. The number of allylic oxidation sites excluding steroid dienone is 1. The average Bonchev–Trinajstić information content (AvgIpc) is 2.38. The van der Waals surface area contributed by atoms with Gasteiger partial charge in [0.1, 0.15) is 0 Å². The predicted molar refractivity (Wildman–Crippen MR) is 75.7 cm³/mol. The van der Waals surface area contributed by atoms with E-state index in [0.29, 0.717) is 6.54 Å². The van der Waals surface area contributed by atoms with Crippen LogP contribution in [0.1, 0.15) is 25.8 Å². The zero-order valence-electron chi connectivity index (χ0n) is 10.8. The van der Waals surface area contributed by atoms with Crippen LogP contribution >= 0.6 is 11.6 Å². The molecule has 0 aliphatic heterocycles. The molecule has 0 aliphatic carbocycles. The molecule has 0 radical (unpaired) electrons. The number of rotatable bonds is 5. The van der Waals surface area contributed by atoms with Crippen LogP contribution < -0.4 is 10.6 Å². The summed E-state index contributed by atoms with van der Waals surface area (Å²) in [5, 5.41) is 6.22. The van der Waals surface area contributed by atoms with Crippen molar-refractivity contribution in [1.29, 1.82) is 0 Å². The van der Waals surface area contributed by atoms with Gasteiger partial charge in [0.05, 0.1) is 0 Å². The number of halogens is 1. The van der Waals surface area contributed by atoms with Gasteiger partial charge in [-0.25, -0.2) is 4.79 Å². The Bertz CT molecular complexity index is 412. The number of hydrogen-bond donors (Lipinski definition) is 2. The molecular weight excluding hydrogens is 248 g/mol. The van der Waals surface area contributed by atoms with Crippen molar-refractivity contribution in [2.75, 3.05) is 6.54 Å². The summed E-state index contributed by atoms with van der Waals surface area (Å²) in [5.41, 5.74) is 2.29. The molecule has 2 N–H and O–H groups in total. The van der Waals surface area contributed by atoms with Gasteiger partial charge in [-0.2, -0.15) is 0 Å². The van der Waals surface area contributed by atoms with Gasteiger partial charge in [-0.15, -0.1) is 0 Å². The first kappa shape index (κ1) is 14.6. The van der Waals surface area contributed by atoms with E-state index in [9.17, 15) is 4.79 Å². The van der Waals surface area contributed by atoms with Crippen LogP contribution in [0.3, 0.4) is 0 Å². The first-order valence-electron chi connectivity index (χ1n) is 6.06. The molecule has 18 heavy (non-hydrogen) atoms. The molecule has 1 aromatic carbocycles. The van der Waals surface area contributed by atoms with Crippen LogP contribution in [0.25, 0.3) is 0 Å². The van der Waals surface area contributed by atoms with Crippen molar-refractivity contribution in [3.63, 3.8) is 0 Å². The topological polar surface area (TPSA) is 41.1 Å². The van der Waals surface area contributed by atoms with Crippen molar-refractivity contribution in [3.8, 4) is 0 Å². The number of nitrogens with one attached hydrogen (secondary N) is 2. The van der Waals surface area contributed by atoms with Gasteiger partial charge in [-0.1, -0.05) is 36.2 Å². The third kappa shape index (κ3) is 5.73. The normalized spacial score (nSPS) is 11.2. The summed E-state index contributed by atoms with van der Waals surface area (Å²) >= 11 is 5.79. The number of carbonyl (C=O) groups is 1. The van der Waals surface area contributed by atoms with Gasteiger partial charge in [0, 0.05) is 17.8 Å². The van der Waals surface area contributed by atoms with Crippen LogP contribution in [-0.2, 0) is 6.42 Å².